The third-order valence-electron chi connectivity index (χ3n) is 3.48. The fraction of sp³-hybridized carbons (Fsp3) is 0.400. The Morgan fingerprint density at radius 3 is 2.59 bits per heavy atom. The molecule has 22 heavy (non-hydrogen) atoms. The molecule has 2 aromatic rings. The second-order valence-electron chi connectivity index (χ2n) is 5.31. The van der Waals surface area contributed by atoms with E-state index in [4.69, 9.17) is 10.5 Å². The van der Waals surface area contributed by atoms with Gasteiger partial charge in [0, 0.05) is 18.8 Å². The molecule has 0 bridgehead atoms. The number of benzene rings is 1. The molecule has 7 heteroatoms. The first kappa shape index (κ1) is 14.7. The van der Waals surface area contributed by atoms with Gasteiger partial charge in [-0.05, 0) is 19.1 Å². The molecule has 1 aliphatic heterocycles. The molecule has 0 spiro atoms. The number of nitrogens with two attached hydrogens (primary N) is 1. The van der Waals surface area contributed by atoms with E-state index in [2.05, 4.69) is 25.2 Å². The quantitative estimate of drug-likeness (QED) is 0.880. The Bertz CT molecular complexity index is 624. The lowest BCUT2D eigenvalue weighted by molar-refractivity contribution is 0.0331. The minimum atomic E-state index is 0.230. The minimum absolute atomic E-state index is 0.230. The number of aromatic nitrogens is 3. The van der Waals surface area contributed by atoms with Crippen LogP contribution in [0.3, 0.4) is 0 Å². The van der Waals surface area contributed by atoms with Crippen LogP contribution in [0.2, 0.25) is 0 Å². The lowest BCUT2D eigenvalue weighted by Gasteiger charge is -2.25. The molecule has 0 atom stereocenters. The zero-order valence-electron chi connectivity index (χ0n) is 12.6. The number of ether oxygens (including phenoxy) is 1. The van der Waals surface area contributed by atoms with Crippen LogP contribution in [0.15, 0.2) is 24.3 Å². The maximum Gasteiger partial charge on any atom is 0.232 e. The van der Waals surface area contributed by atoms with Crippen molar-refractivity contribution in [2.75, 3.05) is 37.4 Å². The van der Waals surface area contributed by atoms with E-state index in [0.29, 0.717) is 18.3 Å². The van der Waals surface area contributed by atoms with Gasteiger partial charge in [-0.1, -0.05) is 17.7 Å². The predicted octanol–water partition coefficient (Wildman–Crippen LogP) is 1.34. The van der Waals surface area contributed by atoms with E-state index < -0.39 is 0 Å². The molecule has 1 fully saturated rings. The normalized spacial score (nSPS) is 15.7. The largest absolute Gasteiger partial charge is 0.379 e. The van der Waals surface area contributed by atoms with Crippen molar-refractivity contribution in [3.63, 3.8) is 0 Å². The third-order valence-corrected chi connectivity index (χ3v) is 3.48. The van der Waals surface area contributed by atoms with Crippen molar-refractivity contribution < 1.29 is 4.74 Å². The summed E-state index contributed by atoms with van der Waals surface area (Å²) in [7, 11) is 0. The summed E-state index contributed by atoms with van der Waals surface area (Å²) in [5, 5.41) is 3.16. The maximum atomic E-state index is 5.80. The van der Waals surface area contributed by atoms with Gasteiger partial charge >= 0.3 is 0 Å². The Morgan fingerprint density at radius 1 is 1.14 bits per heavy atom. The van der Waals surface area contributed by atoms with Crippen molar-refractivity contribution in [1.29, 1.82) is 0 Å². The van der Waals surface area contributed by atoms with E-state index in [1.54, 1.807) is 0 Å². The summed E-state index contributed by atoms with van der Waals surface area (Å²) >= 11 is 0. The van der Waals surface area contributed by atoms with Gasteiger partial charge in [0.2, 0.25) is 11.9 Å². The van der Waals surface area contributed by atoms with Crippen LogP contribution in [-0.4, -0.2) is 46.2 Å². The Balaban J connectivity index is 1.72. The van der Waals surface area contributed by atoms with E-state index in [0.717, 1.165) is 32.0 Å². The molecule has 0 aliphatic carbocycles. The average Bonchev–Trinajstić information content (AvgIpc) is 2.50. The SMILES string of the molecule is Cc1ccc(Nc2nc(N)nc(CN3CCOCC3)n2)cc1. The van der Waals surface area contributed by atoms with Crippen LogP contribution >= 0.6 is 0 Å². The molecule has 0 amide bonds. The van der Waals surface area contributed by atoms with E-state index in [1.807, 2.05) is 31.2 Å². The second kappa shape index (κ2) is 6.67. The first-order valence-electron chi connectivity index (χ1n) is 7.33. The minimum Gasteiger partial charge on any atom is -0.379 e. The summed E-state index contributed by atoms with van der Waals surface area (Å²) in [6, 6.07) is 8.02. The molecule has 1 aliphatic rings. The Hall–Kier alpha value is -2.25. The van der Waals surface area contributed by atoms with Crippen LogP contribution in [0.25, 0.3) is 0 Å². The standard InChI is InChI=1S/C15H20N6O/c1-11-2-4-12(5-3-11)17-15-19-13(18-14(16)20-15)10-21-6-8-22-9-7-21/h2-5H,6-10H2,1H3,(H3,16,17,18,19,20). The summed E-state index contributed by atoms with van der Waals surface area (Å²) in [4.78, 5) is 15.1. The molecule has 116 valence electrons. The predicted molar refractivity (Wildman–Crippen MR) is 84.8 cm³/mol. The number of hydrogen-bond donors (Lipinski definition) is 2. The zero-order chi connectivity index (χ0) is 15.4. The van der Waals surface area contributed by atoms with Gasteiger partial charge in [-0.25, -0.2) is 0 Å². The number of morpholine rings is 1. The van der Waals surface area contributed by atoms with Crippen LogP contribution in [-0.2, 0) is 11.3 Å². The van der Waals surface area contributed by atoms with Crippen molar-refractivity contribution in [3.8, 4) is 0 Å². The van der Waals surface area contributed by atoms with Gasteiger partial charge in [0.05, 0.1) is 19.8 Å². The molecule has 2 heterocycles. The molecular formula is C15H20N6O. The Labute approximate surface area is 129 Å². The summed E-state index contributed by atoms with van der Waals surface area (Å²) in [5.41, 5.74) is 7.92. The fourth-order valence-corrected chi connectivity index (χ4v) is 2.29. The maximum absolute atomic E-state index is 5.80. The van der Waals surface area contributed by atoms with Gasteiger partial charge in [0.25, 0.3) is 0 Å². The van der Waals surface area contributed by atoms with Crippen molar-refractivity contribution >= 4 is 17.6 Å². The van der Waals surface area contributed by atoms with Gasteiger partial charge in [-0.15, -0.1) is 0 Å². The highest BCUT2D eigenvalue weighted by Gasteiger charge is 2.13. The fourth-order valence-electron chi connectivity index (χ4n) is 2.29. The monoisotopic (exact) mass is 300 g/mol. The summed E-state index contributed by atoms with van der Waals surface area (Å²) < 4.78 is 5.34. The molecule has 3 rings (SSSR count). The number of hydrogen-bond acceptors (Lipinski definition) is 7. The molecule has 3 N–H and O–H groups in total. The van der Waals surface area contributed by atoms with E-state index in [-0.39, 0.29) is 5.95 Å². The van der Waals surface area contributed by atoms with Crippen LogP contribution < -0.4 is 11.1 Å². The average molecular weight is 300 g/mol. The van der Waals surface area contributed by atoms with Gasteiger partial charge in [0.1, 0.15) is 5.82 Å². The number of rotatable bonds is 4. The Kier molecular flexibility index (Phi) is 4.45. The van der Waals surface area contributed by atoms with Crippen LogP contribution in [0, 0.1) is 6.92 Å². The highest BCUT2D eigenvalue weighted by atomic mass is 16.5. The highest BCUT2D eigenvalue weighted by molar-refractivity contribution is 5.54. The molecule has 1 aromatic carbocycles. The highest BCUT2D eigenvalue weighted by Crippen LogP contribution is 2.15. The molecule has 0 radical (unpaired) electrons. The molecule has 7 nitrogen and oxygen atoms in total. The van der Waals surface area contributed by atoms with Crippen LogP contribution in [0.4, 0.5) is 17.6 Å². The number of nitrogens with one attached hydrogen (secondary N) is 1. The van der Waals surface area contributed by atoms with E-state index in [9.17, 15) is 0 Å². The zero-order valence-corrected chi connectivity index (χ0v) is 12.6. The lowest BCUT2D eigenvalue weighted by atomic mass is 10.2. The number of aryl methyl sites for hydroxylation is 1. The van der Waals surface area contributed by atoms with Crippen molar-refractivity contribution in [3.05, 3.63) is 35.7 Å². The van der Waals surface area contributed by atoms with Crippen LogP contribution in [0.1, 0.15) is 11.4 Å². The number of anilines is 3. The van der Waals surface area contributed by atoms with Crippen molar-refractivity contribution in [1.82, 2.24) is 19.9 Å². The first-order valence-corrected chi connectivity index (χ1v) is 7.33. The lowest BCUT2D eigenvalue weighted by Crippen LogP contribution is -2.36. The summed E-state index contributed by atoms with van der Waals surface area (Å²) in [6.45, 7) is 5.95. The van der Waals surface area contributed by atoms with Crippen LogP contribution in [0.5, 0.6) is 0 Å². The third kappa shape index (κ3) is 3.90. The van der Waals surface area contributed by atoms with Gasteiger partial charge in [-0.3, -0.25) is 4.90 Å². The topological polar surface area (TPSA) is 89.2 Å². The van der Waals surface area contributed by atoms with Gasteiger partial charge < -0.3 is 15.8 Å². The summed E-state index contributed by atoms with van der Waals surface area (Å²) in [5.74, 6) is 1.37. The van der Waals surface area contributed by atoms with Gasteiger partial charge in [0.15, 0.2) is 0 Å². The van der Waals surface area contributed by atoms with E-state index >= 15 is 0 Å². The number of nitrogens with zero attached hydrogens (tertiary/aromatic N) is 4. The van der Waals surface area contributed by atoms with Crippen molar-refractivity contribution in [2.45, 2.75) is 13.5 Å². The number of nitrogen functional groups attached to an aromatic ring is 1. The first-order chi connectivity index (χ1) is 10.7. The Morgan fingerprint density at radius 2 is 1.86 bits per heavy atom. The molecule has 0 unspecified atom stereocenters. The molecular weight excluding hydrogens is 280 g/mol. The molecule has 1 aromatic heterocycles. The molecule has 0 saturated carbocycles. The smallest absolute Gasteiger partial charge is 0.232 e. The summed E-state index contributed by atoms with van der Waals surface area (Å²) in [6.07, 6.45) is 0. The van der Waals surface area contributed by atoms with Gasteiger partial charge in [-0.2, -0.15) is 15.0 Å². The molecule has 1 saturated heterocycles. The van der Waals surface area contributed by atoms with Crippen molar-refractivity contribution in [2.24, 2.45) is 0 Å². The second-order valence-corrected chi connectivity index (χ2v) is 5.31. The van der Waals surface area contributed by atoms with E-state index in [1.165, 1.54) is 5.56 Å².